The van der Waals surface area contributed by atoms with Crippen LogP contribution in [0.5, 0.6) is 0 Å². The van der Waals surface area contributed by atoms with Gasteiger partial charge in [0.1, 0.15) is 256 Å². The first-order valence-corrected chi connectivity index (χ1v) is 43.5. The molecule has 11 aliphatic rings. The van der Waals surface area contributed by atoms with Crippen molar-refractivity contribution in [3.63, 3.8) is 0 Å². The van der Waals surface area contributed by atoms with Crippen LogP contribution in [0.3, 0.4) is 0 Å². The minimum Gasteiger partial charge on any atom is -0.479 e. The predicted molar refractivity (Wildman–Crippen MR) is 419 cm³/mol. The molecule has 0 saturated carbocycles. The number of amides is 5. The second-order valence-corrected chi connectivity index (χ2v) is 34.6. The van der Waals surface area contributed by atoms with Gasteiger partial charge in [-0.05, 0) is 6.92 Å². The van der Waals surface area contributed by atoms with E-state index in [9.17, 15) is 177 Å². The van der Waals surface area contributed by atoms with Gasteiger partial charge in [0.15, 0.2) is 75.3 Å². The van der Waals surface area contributed by atoms with Crippen molar-refractivity contribution in [2.75, 3.05) is 59.5 Å². The summed E-state index contributed by atoms with van der Waals surface area (Å²) in [5.41, 5.74) is 0. The molecule has 11 rings (SSSR count). The Morgan fingerprint density at radius 1 is 0.226 bits per heavy atom. The number of aliphatic hydroxyl groups is 28. The molecule has 0 aromatic heterocycles. The molecule has 137 heavy (non-hydrogen) atoms. The van der Waals surface area contributed by atoms with Gasteiger partial charge in [-0.2, -0.15) is 0 Å². The van der Waals surface area contributed by atoms with E-state index in [1.807, 2.05) is 0 Å². The summed E-state index contributed by atoms with van der Waals surface area (Å²) in [5, 5.41) is 339. The van der Waals surface area contributed by atoms with Gasteiger partial charge in [-0.25, -0.2) is 4.79 Å². The molecule has 11 saturated heterocycles. The van der Waals surface area contributed by atoms with Crippen LogP contribution in [0.25, 0.3) is 0 Å². The van der Waals surface area contributed by atoms with Crippen LogP contribution in [-0.2, 0) is 128 Å². The molecule has 0 radical (unpaired) electrons. The molecule has 61 heteroatoms. The Kier molecular flexibility index (Phi) is 39.9. The van der Waals surface area contributed by atoms with E-state index in [1.54, 1.807) is 0 Å². The summed E-state index contributed by atoms with van der Waals surface area (Å²) in [5.74, 6) is -6.77. The first-order chi connectivity index (χ1) is 64.7. The van der Waals surface area contributed by atoms with Crippen molar-refractivity contribution in [2.45, 2.75) is 379 Å². The molecule has 790 valence electrons. The summed E-state index contributed by atoms with van der Waals surface area (Å²) < 4.78 is 126. The zero-order chi connectivity index (χ0) is 101. The lowest BCUT2D eigenvalue weighted by atomic mass is 9.93. The summed E-state index contributed by atoms with van der Waals surface area (Å²) in [6.07, 6.45) is -110. The fourth-order valence-electron chi connectivity index (χ4n) is 17.7. The van der Waals surface area contributed by atoms with Gasteiger partial charge in [-0.15, -0.1) is 0 Å². The van der Waals surface area contributed by atoms with Gasteiger partial charge in [0, 0.05) is 34.6 Å². The summed E-state index contributed by atoms with van der Waals surface area (Å²) in [7, 11) is 0. The molecule has 5 amide bonds. The van der Waals surface area contributed by atoms with Crippen LogP contribution in [0.1, 0.15) is 41.5 Å². The summed E-state index contributed by atoms with van der Waals surface area (Å²) >= 11 is 0. The van der Waals surface area contributed by atoms with Crippen LogP contribution in [-0.4, -0.2) is 581 Å². The molecule has 55 atom stereocenters. The Bertz CT molecular complexity index is 3860. The monoisotopic (exact) mass is 2000 g/mol. The standard InChI is InChI=1S/C76H125N5O56/c1-16-36(94)47(105)51(109)71(119-16)117-15-30-59(44(102)31(66(116)120-30)77-17(2)89)130-69-34(80-20(5)92)45(103)57(26(11-86)125-69)132-74-55(113)61(41(99)29(128-74)14-118-75-63(49(107)39(97)24(9-84)124-75)136-68-33(79-19(4)91)43(101)38(96)23(8-83)122-68)134-76-64(53(111)58(28(13-88)127-76)129-67-32(78-18(3)90)42(100)37(95)22(7-82)121-67)137-70-35(81-21(6)93)46(104)56(27(12-87)126-70)131-73-54(112)60(40(98)25(10-85)123-73)133-72-52(110)48(106)50(108)62(135-72)65(114)115/h16,22-64,66-76,82-88,94-113,116H,7-15H2,1-6H3,(H,77,89)(H,78,90)(H,79,91)(H,80,92)(H,81,93)(H,114,115)/t16-,22+,23+,24+,25+,26+,27+,28+,29+,30+,31+,32+,33+,34+,35-,36+,37+,38+,39+,40-,41+,42+,43+,44+,45+,46+,47+,48-,49-,50-,51-,52+,53-,54+,55-,56+,57+,58+,59+,60-,61-,62-,63-,64-,66+,67-,68-,69-,70-,71+,72+,73-,74-,75-,76+/m0/s1. The molecule has 61 nitrogen and oxygen atoms in total. The van der Waals surface area contributed by atoms with Gasteiger partial charge in [-0.1, -0.05) is 0 Å². The SMILES string of the molecule is CC(=O)N[C@@H]1[C@H](O[C@@H]2[C@@H](O[C@@H]3[C@H](O)[C@H](O[C@H]4[C@H](O)[C@@H](NC(C)=O)[C@H](O[C@H]5[C@H](O)[C@@H](NC(C)=O)[C@H](O)O[C@@H]5CO[C@@H]5O[C@@H](C)[C@@H](O)[C@@H](O)[C@@H]5O)O[C@@H]4CO)O[C@H](CO[C@H]4O[C@H](CO)[C@@H](O)[C@H](O)[C@@H]4O[C@@H]4O[C@H](CO)[C@@H](O)[C@H](O)[C@H]4NC(C)=O)[C@H]3O)O[C@H](CO)[C@@H](O[C@@H]3O[C@H](CO)[C@@H](O)[C@H](O)[C@H]3NC(C)=O)[C@@H]2O)O[C@H](CO)[C@@H](O[C@@H]2O[C@H](CO)[C@H](O)[C@H](O[C@@H]3O[C@H](C(=O)O)[C@@H](O)[C@H](O)[C@H]3O)[C@H]2O)[C@@H]1O. The van der Waals surface area contributed by atoms with Crippen LogP contribution < -0.4 is 26.6 Å². The molecule has 11 fully saturated rings. The van der Waals surface area contributed by atoms with Crippen molar-refractivity contribution in [1.29, 1.82) is 0 Å². The molecule has 34 N–H and O–H groups in total. The number of carbonyl (C=O) groups excluding carboxylic acids is 5. The predicted octanol–water partition coefficient (Wildman–Crippen LogP) is -23.1. The molecule has 11 heterocycles. The maximum Gasteiger partial charge on any atom is 0.335 e. The van der Waals surface area contributed by atoms with Gasteiger partial charge in [0.2, 0.25) is 29.5 Å². The third-order valence-corrected chi connectivity index (χ3v) is 24.9. The smallest absolute Gasteiger partial charge is 0.335 e. The normalized spacial score (nSPS) is 48.9. The number of hydrogen-bond acceptors (Lipinski definition) is 55. The Morgan fingerprint density at radius 2 is 0.511 bits per heavy atom. The van der Waals surface area contributed by atoms with Crippen LogP contribution in [0.15, 0.2) is 0 Å². The fourth-order valence-corrected chi connectivity index (χ4v) is 17.7. The summed E-state index contributed by atoms with van der Waals surface area (Å²) in [6.45, 7) is -4.86. The third kappa shape index (κ3) is 25.0. The third-order valence-electron chi connectivity index (χ3n) is 24.9. The van der Waals surface area contributed by atoms with Crippen LogP contribution in [0, 0.1) is 0 Å². The van der Waals surface area contributed by atoms with Gasteiger partial charge < -0.3 is 274 Å². The number of aliphatic hydroxyl groups excluding tert-OH is 28. The zero-order valence-corrected chi connectivity index (χ0v) is 73.6. The van der Waals surface area contributed by atoms with Crippen molar-refractivity contribution in [3.8, 4) is 0 Å². The minimum atomic E-state index is -2.76. The number of rotatable bonds is 35. The van der Waals surface area contributed by atoms with E-state index in [1.165, 1.54) is 6.92 Å². The maximum absolute atomic E-state index is 13.5. The quantitative estimate of drug-likeness (QED) is 0.0280. The largest absolute Gasteiger partial charge is 0.479 e. The fraction of sp³-hybridized carbons (Fsp3) is 0.921. The van der Waals surface area contributed by atoms with E-state index < -0.39 is 432 Å². The molecule has 0 unspecified atom stereocenters. The second kappa shape index (κ2) is 48.7. The molecule has 0 aliphatic carbocycles. The second-order valence-electron chi connectivity index (χ2n) is 34.6. The van der Waals surface area contributed by atoms with Crippen molar-refractivity contribution < 1.29 is 276 Å². The van der Waals surface area contributed by atoms with Crippen LogP contribution >= 0.6 is 0 Å². The lowest BCUT2D eigenvalue weighted by molar-refractivity contribution is -0.406. The highest BCUT2D eigenvalue weighted by molar-refractivity contribution is 5.75. The van der Waals surface area contributed by atoms with E-state index >= 15 is 0 Å². The Labute approximate surface area is 774 Å². The highest BCUT2D eigenvalue weighted by Crippen LogP contribution is 2.42. The van der Waals surface area contributed by atoms with Crippen LogP contribution in [0.4, 0.5) is 0 Å². The number of carboxylic acid groups (broad SMARTS) is 1. The summed E-state index contributed by atoms with van der Waals surface area (Å²) in [6, 6.07) is -9.83. The summed E-state index contributed by atoms with van der Waals surface area (Å²) in [4.78, 5) is 76.9. The van der Waals surface area contributed by atoms with E-state index in [0.717, 1.165) is 34.6 Å². The molecular formula is C76H125N5O56. The first-order valence-electron chi connectivity index (χ1n) is 43.5. The Balaban J connectivity index is 0.972. The molecule has 0 aromatic rings. The van der Waals surface area contributed by atoms with E-state index in [-0.39, 0.29) is 0 Å². The first kappa shape index (κ1) is 112. The van der Waals surface area contributed by atoms with Crippen LogP contribution in [0.2, 0.25) is 0 Å². The molecule has 0 spiro atoms. The average Bonchev–Trinajstić information content (AvgIpc) is 0.757. The minimum absolute atomic E-state index is 0.839. The van der Waals surface area contributed by atoms with E-state index in [4.69, 9.17) is 99.5 Å². The number of nitrogens with one attached hydrogen (secondary N) is 5. The highest BCUT2D eigenvalue weighted by Gasteiger charge is 2.63. The van der Waals surface area contributed by atoms with Crippen molar-refractivity contribution >= 4 is 35.5 Å². The number of aliphatic carboxylic acids is 1. The maximum atomic E-state index is 13.5. The van der Waals surface area contributed by atoms with Crippen molar-refractivity contribution in [1.82, 2.24) is 26.6 Å². The lowest BCUT2D eigenvalue weighted by Crippen LogP contribution is -2.71. The highest BCUT2D eigenvalue weighted by atomic mass is 16.8. The average molecular weight is 2000 g/mol. The van der Waals surface area contributed by atoms with Gasteiger partial charge in [0.05, 0.1) is 65.6 Å². The van der Waals surface area contributed by atoms with Crippen molar-refractivity contribution in [2.24, 2.45) is 0 Å². The van der Waals surface area contributed by atoms with Gasteiger partial charge >= 0.3 is 5.97 Å². The number of carbonyl (C=O) groups is 6. The van der Waals surface area contributed by atoms with Gasteiger partial charge in [0.25, 0.3) is 0 Å². The van der Waals surface area contributed by atoms with Crippen molar-refractivity contribution in [3.05, 3.63) is 0 Å². The number of carboxylic acids is 1. The molecule has 0 aromatic carbocycles. The molecular weight excluding hydrogens is 1880 g/mol. The van der Waals surface area contributed by atoms with E-state index in [2.05, 4.69) is 26.6 Å². The van der Waals surface area contributed by atoms with E-state index in [0.29, 0.717) is 0 Å². The molecule has 11 aliphatic heterocycles. The van der Waals surface area contributed by atoms with Gasteiger partial charge in [-0.3, -0.25) is 24.0 Å². The topological polar surface area (TPSA) is 943 Å². The Hall–Kier alpha value is -5.14. The lowest BCUT2D eigenvalue weighted by Gasteiger charge is -2.52. The Morgan fingerprint density at radius 3 is 0.942 bits per heavy atom. The number of hydrogen-bond donors (Lipinski definition) is 34. The number of ether oxygens (including phenoxy) is 21. The zero-order valence-electron chi connectivity index (χ0n) is 73.6. The molecule has 0 bridgehead atoms.